The summed E-state index contributed by atoms with van der Waals surface area (Å²) >= 11 is 1.68. The molecule has 4 N–H and O–H groups in total. The van der Waals surface area contributed by atoms with Gasteiger partial charge in [0.05, 0.1) is 6.20 Å². The fourth-order valence-corrected chi connectivity index (χ4v) is 4.44. The zero-order chi connectivity index (χ0) is 20.7. The van der Waals surface area contributed by atoms with Gasteiger partial charge in [-0.1, -0.05) is 0 Å². The van der Waals surface area contributed by atoms with Crippen LogP contribution in [0.3, 0.4) is 0 Å². The lowest BCUT2D eigenvalue weighted by molar-refractivity contribution is -0.700. The summed E-state index contributed by atoms with van der Waals surface area (Å²) in [5.41, 5.74) is 7.46. The summed E-state index contributed by atoms with van der Waals surface area (Å²) in [6, 6.07) is 9.98. The Bertz CT molecular complexity index is 1070. The quantitative estimate of drug-likeness (QED) is 0.574. The van der Waals surface area contributed by atoms with Crippen LogP contribution in [0, 0.1) is 12.8 Å². The van der Waals surface area contributed by atoms with Crippen LogP contribution < -0.4 is 15.6 Å². The zero-order valence-corrected chi connectivity index (χ0v) is 17.7. The molecule has 1 fully saturated rings. The Morgan fingerprint density at radius 2 is 2.07 bits per heavy atom. The first kappa shape index (κ1) is 19.0. The van der Waals surface area contributed by atoms with Crippen molar-refractivity contribution in [1.82, 2.24) is 15.2 Å². The standard InChI is InChI=1S/C21H23N7OS/c1-13-9-19(25-24-13)26-27-10-18-14(2)22-12-28(18)20(11-27)30-17-7-5-16(6-8-17)23-21(29)15-3-4-15/h5-9,11-12,15H,3-4,10H2,1-2H3,(H,23,29)(H2,24,25,26)/p+1. The van der Waals surface area contributed by atoms with Crippen molar-refractivity contribution in [2.45, 2.75) is 31.6 Å². The second-order valence-corrected chi connectivity index (χ2v) is 8.91. The summed E-state index contributed by atoms with van der Waals surface area (Å²) in [5.74, 6) is 1.11. The van der Waals surface area contributed by atoms with Gasteiger partial charge in [-0.25, -0.2) is 9.89 Å². The van der Waals surface area contributed by atoms with Gasteiger partial charge in [-0.2, -0.15) is 5.10 Å². The number of nitrogens with one attached hydrogen (secondary N) is 4. The maximum absolute atomic E-state index is 12.0. The van der Waals surface area contributed by atoms with Crippen molar-refractivity contribution in [2.24, 2.45) is 10.9 Å². The highest BCUT2D eigenvalue weighted by molar-refractivity contribution is 8.02. The Labute approximate surface area is 179 Å². The molecule has 1 amide bonds. The van der Waals surface area contributed by atoms with Crippen LogP contribution in [0.1, 0.15) is 25.5 Å². The van der Waals surface area contributed by atoms with Crippen LogP contribution in [0.4, 0.5) is 11.5 Å². The van der Waals surface area contributed by atoms with Gasteiger partial charge in [0.2, 0.25) is 5.91 Å². The molecule has 3 aliphatic rings. The number of aryl methyl sites for hydroxylation is 1. The van der Waals surface area contributed by atoms with Crippen molar-refractivity contribution in [3.05, 3.63) is 58.6 Å². The van der Waals surface area contributed by atoms with E-state index in [2.05, 4.69) is 32.1 Å². The molecule has 30 heavy (non-hydrogen) atoms. The fraction of sp³-hybridized carbons (Fsp3) is 0.286. The lowest BCUT2D eigenvalue weighted by atomic mass is 10.3. The largest absolute Gasteiger partial charge is 0.326 e. The summed E-state index contributed by atoms with van der Waals surface area (Å²) in [7, 11) is 0. The highest BCUT2D eigenvalue weighted by atomic mass is 32.2. The minimum atomic E-state index is 0.128. The minimum Gasteiger partial charge on any atom is -0.326 e. The number of hydrogen-bond acceptors (Lipinski definition) is 6. The first-order valence-electron chi connectivity index (χ1n) is 10.0. The third-order valence-electron chi connectivity index (χ3n) is 5.28. The SMILES string of the molecule is CC1=C2CN(Nc3cc(C)[nH]n3)C=C(Sc3ccc(NC(=O)C4CC4)cc3)[NH+]2C=N1. The fourth-order valence-electron chi connectivity index (χ4n) is 3.45. The number of rotatable bonds is 6. The van der Waals surface area contributed by atoms with E-state index in [1.807, 2.05) is 55.5 Å². The second-order valence-electron chi connectivity index (χ2n) is 7.80. The van der Waals surface area contributed by atoms with Crippen LogP contribution in [-0.2, 0) is 4.79 Å². The van der Waals surface area contributed by atoms with Gasteiger partial charge in [-0.3, -0.25) is 20.3 Å². The molecule has 1 atom stereocenters. The number of aromatic amines is 1. The molecule has 0 bridgehead atoms. The summed E-state index contributed by atoms with van der Waals surface area (Å²) in [6.07, 6.45) is 6.06. The van der Waals surface area contributed by atoms with Crippen molar-refractivity contribution in [2.75, 3.05) is 17.3 Å². The number of amides is 1. The molecular formula is C21H24N7OS+. The van der Waals surface area contributed by atoms with Gasteiger partial charge in [0.1, 0.15) is 12.2 Å². The van der Waals surface area contributed by atoms with Crippen molar-refractivity contribution < 1.29 is 9.69 Å². The van der Waals surface area contributed by atoms with Crippen LogP contribution in [-0.4, -0.2) is 34.0 Å². The lowest BCUT2D eigenvalue weighted by Crippen LogP contribution is -3.07. The van der Waals surface area contributed by atoms with E-state index in [0.717, 1.165) is 52.2 Å². The third-order valence-corrected chi connectivity index (χ3v) is 6.33. The number of carbonyl (C=O) groups excluding carboxylic acids is 1. The maximum atomic E-state index is 12.0. The minimum absolute atomic E-state index is 0.128. The molecule has 9 heteroatoms. The summed E-state index contributed by atoms with van der Waals surface area (Å²) in [6.45, 7) is 4.75. The molecule has 8 nitrogen and oxygen atoms in total. The zero-order valence-electron chi connectivity index (χ0n) is 16.9. The molecule has 5 rings (SSSR count). The van der Waals surface area contributed by atoms with E-state index in [1.165, 1.54) is 10.6 Å². The number of benzene rings is 1. The first-order chi connectivity index (χ1) is 14.5. The van der Waals surface area contributed by atoms with Crippen molar-refractivity contribution in [3.8, 4) is 0 Å². The molecule has 2 aromatic rings. The van der Waals surface area contributed by atoms with Gasteiger partial charge >= 0.3 is 0 Å². The number of nitrogens with zero attached hydrogens (tertiary/aromatic N) is 3. The van der Waals surface area contributed by atoms with E-state index in [4.69, 9.17) is 0 Å². The van der Waals surface area contributed by atoms with E-state index in [-0.39, 0.29) is 11.8 Å². The summed E-state index contributed by atoms with van der Waals surface area (Å²) in [4.78, 5) is 18.7. The van der Waals surface area contributed by atoms with E-state index in [9.17, 15) is 4.79 Å². The van der Waals surface area contributed by atoms with Crippen LogP contribution in [0.2, 0.25) is 0 Å². The molecule has 0 saturated heterocycles. The molecule has 154 valence electrons. The molecule has 0 spiro atoms. The predicted octanol–water partition coefficient (Wildman–Crippen LogP) is 2.46. The van der Waals surface area contributed by atoms with Crippen molar-refractivity contribution in [1.29, 1.82) is 0 Å². The molecule has 3 heterocycles. The number of aliphatic imine (C=N–C) groups is 1. The third kappa shape index (κ3) is 3.99. The highest BCUT2D eigenvalue weighted by Gasteiger charge is 2.34. The second kappa shape index (κ2) is 7.66. The number of thioether (sulfide) groups is 1. The Balaban J connectivity index is 1.33. The number of anilines is 2. The lowest BCUT2D eigenvalue weighted by Gasteiger charge is -2.29. The average Bonchev–Trinajstić information content (AvgIpc) is 3.41. The Hall–Kier alpha value is -3.04. The van der Waals surface area contributed by atoms with Gasteiger partial charge < -0.3 is 5.32 Å². The van der Waals surface area contributed by atoms with Gasteiger partial charge in [0.15, 0.2) is 22.9 Å². The molecule has 2 aliphatic heterocycles. The van der Waals surface area contributed by atoms with Crippen molar-refractivity contribution in [3.63, 3.8) is 0 Å². The van der Waals surface area contributed by atoms with E-state index in [1.54, 1.807) is 11.8 Å². The Kier molecular flexibility index (Phi) is 4.84. The predicted molar refractivity (Wildman–Crippen MR) is 118 cm³/mol. The first-order valence-corrected chi connectivity index (χ1v) is 10.8. The number of fused-ring (bicyclic) bond motifs is 1. The summed E-state index contributed by atoms with van der Waals surface area (Å²) in [5, 5.41) is 13.4. The van der Waals surface area contributed by atoms with Crippen LogP contribution in [0.15, 0.2) is 62.8 Å². The Morgan fingerprint density at radius 3 is 2.77 bits per heavy atom. The molecule has 1 aromatic carbocycles. The van der Waals surface area contributed by atoms with Gasteiger partial charge in [0.25, 0.3) is 0 Å². The normalized spacial score (nSPS) is 20.3. The number of hydrogen-bond donors (Lipinski definition) is 4. The maximum Gasteiger partial charge on any atom is 0.227 e. The van der Waals surface area contributed by atoms with Crippen LogP contribution >= 0.6 is 11.8 Å². The molecule has 1 aromatic heterocycles. The van der Waals surface area contributed by atoms with E-state index >= 15 is 0 Å². The summed E-state index contributed by atoms with van der Waals surface area (Å²) < 4.78 is 0. The van der Waals surface area contributed by atoms with Crippen LogP contribution in [0.25, 0.3) is 0 Å². The van der Waals surface area contributed by atoms with Gasteiger partial charge in [0, 0.05) is 28.3 Å². The average molecular weight is 423 g/mol. The topological polar surface area (TPSA) is 89.9 Å². The number of quaternary nitrogens is 1. The molecule has 1 unspecified atom stereocenters. The number of H-pyrrole nitrogens is 1. The number of hydrazine groups is 1. The van der Waals surface area contributed by atoms with E-state index in [0.29, 0.717) is 0 Å². The van der Waals surface area contributed by atoms with Crippen molar-refractivity contribution >= 4 is 35.5 Å². The molecular weight excluding hydrogens is 398 g/mol. The van der Waals surface area contributed by atoms with Gasteiger partial charge in [-0.05, 0) is 62.7 Å². The van der Waals surface area contributed by atoms with E-state index < -0.39 is 0 Å². The van der Waals surface area contributed by atoms with Crippen LogP contribution in [0.5, 0.6) is 0 Å². The molecule has 1 saturated carbocycles. The highest BCUT2D eigenvalue weighted by Crippen LogP contribution is 2.31. The molecule has 0 radical (unpaired) electrons. The molecule has 1 aliphatic carbocycles. The number of aromatic nitrogens is 2. The van der Waals surface area contributed by atoms with Gasteiger partial charge in [-0.15, -0.1) is 0 Å². The smallest absolute Gasteiger partial charge is 0.227 e. The number of carbonyl (C=O) groups is 1. The number of allylic oxidation sites excluding steroid dienone is 1. The Morgan fingerprint density at radius 1 is 1.27 bits per heavy atom. The monoisotopic (exact) mass is 422 g/mol.